The van der Waals surface area contributed by atoms with Crippen LogP contribution >= 0.6 is 15.9 Å². The van der Waals surface area contributed by atoms with Crippen molar-refractivity contribution < 1.29 is 13.5 Å². The van der Waals surface area contributed by atoms with Crippen LogP contribution in [0, 0.1) is 11.6 Å². The van der Waals surface area contributed by atoms with E-state index in [-0.39, 0.29) is 11.7 Å². The van der Waals surface area contributed by atoms with E-state index in [1.165, 1.54) is 6.07 Å². The van der Waals surface area contributed by atoms with Crippen LogP contribution in [0.15, 0.2) is 40.9 Å². The first-order valence-corrected chi connectivity index (χ1v) is 6.86. The molecule has 0 saturated carbocycles. The van der Waals surface area contributed by atoms with E-state index >= 15 is 0 Å². The molecule has 0 fully saturated rings. The SMILES string of the molecule is COc1ccccc1C(C)Nc1c(F)cc(F)cc1Br. The maximum atomic E-state index is 13.8. The van der Waals surface area contributed by atoms with Gasteiger partial charge in [0.05, 0.1) is 18.8 Å². The molecule has 20 heavy (non-hydrogen) atoms. The molecule has 0 spiro atoms. The molecule has 1 N–H and O–H groups in total. The normalized spacial score (nSPS) is 12.1. The molecule has 0 radical (unpaired) electrons. The number of methoxy groups -OCH3 is 1. The lowest BCUT2D eigenvalue weighted by molar-refractivity contribution is 0.408. The second kappa shape index (κ2) is 6.22. The first kappa shape index (κ1) is 14.8. The van der Waals surface area contributed by atoms with Gasteiger partial charge in [0.2, 0.25) is 0 Å². The van der Waals surface area contributed by atoms with Crippen LogP contribution in [0.2, 0.25) is 0 Å². The van der Waals surface area contributed by atoms with Crippen LogP contribution in [0.25, 0.3) is 0 Å². The average Bonchev–Trinajstić information content (AvgIpc) is 2.42. The summed E-state index contributed by atoms with van der Waals surface area (Å²) in [7, 11) is 1.58. The lowest BCUT2D eigenvalue weighted by Gasteiger charge is -2.19. The van der Waals surface area contributed by atoms with E-state index in [1.54, 1.807) is 7.11 Å². The van der Waals surface area contributed by atoms with Crippen LogP contribution in [0.3, 0.4) is 0 Å². The molecule has 0 aliphatic heterocycles. The fourth-order valence-corrected chi connectivity index (χ4v) is 2.52. The molecule has 0 aliphatic carbocycles. The van der Waals surface area contributed by atoms with Gasteiger partial charge in [-0.3, -0.25) is 0 Å². The smallest absolute Gasteiger partial charge is 0.150 e. The predicted octanol–water partition coefficient (Wildman–Crippen LogP) is 4.91. The Morgan fingerprint density at radius 2 is 1.90 bits per heavy atom. The summed E-state index contributed by atoms with van der Waals surface area (Å²) < 4.78 is 32.5. The van der Waals surface area contributed by atoms with Crippen molar-refractivity contribution in [2.45, 2.75) is 13.0 Å². The number of para-hydroxylation sites is 1. The van der Waals surface area contributed by atoms with E-state index < -0.39 is 11.6 Å². The highest BCUT2D eigenvalue weighted by atomic mass is 79.9. The number of hydrogen-bond donors (Lipinski definition) is 1. The third-order valence-corrected chi connectivity index (χ3v) is 3.60. The molecule has 0 saturated heterocycles. The average molecular weight is 342 g/mol. The van der Waals surface area contributed by atoms with Gasteiger partial charge < -0.3 is 10.1 Å². The monoisotopic (exact) mass is 341 g/mol. The van der Waals surface area contributed by atoms with Gasteiger partial charge in [-0.25, -0.2) is 8.78 Å². The zero-order valence-electron chi connectivity index (χ0n) is 11.1. The number of rotatable bonds is 4. The highest BCUT2D eigenvalue weighted by Gasteiger charge is 2.15. The van der Waals surface area contributed by atoms with Crippen molar-refractivity contribution in [1.82, 2.24) is 0 Å². The Morgan fingerprint density at radius 3 is 2.55 bits per heavy atom. The standard InChI is InChI=1S/C15H14BrF2NO/c1-9(11-5-3-4-6-14(11)20-2)19-15-12(16)7-10(17)8-13(15)18/h3-9,19H,1-2H3. The van der Waals surface area contributed by atoms with Crippen molar-refractivity contribution in [2.24, 2.45) is 0 Å². The number of benzene rings is 2. The minimum absolute atomic E-state index is 0.192. The molecule has 0 aliphatic rings. The quantitative estimate of drug-likeness (QED) is 0.853. The van der Waals surface area contributed by atoms with Crippen molar-refractivity contribution in [3.05, 3.63) is 58.1 Å². The summed E-state index contributed by atoms with van der Waals surface area (Å²) in [6.45, 7) is 1.88. The molecule has 0 aromatic heterocycles. The fraction of sp³-hybridized carbons (Fsp3) is 0.200. The van der Waals surface area contributed by atoms with Crippen LogP contribution in [0.1, 0.15) is 18.5 Å². The molecule has 0 amide bonds. The molecule has 0 bridgehead atoms. The summed E-state index contributed by atoms with van der Waals surface area (Å²) in [4.78, 5) is 0. The lowest BCUT2D eigenvalue weighted by Crippen LogP contribution is -2.10. The second-order valence-electron chi connectivity index (χ2n) is 4.35. The molecule has 2 aromatic rings. The molecule has 2 nitrogen and oxygen atoms in total. The van der Waals surface area contributed by atoms with Gasteiger partial charge >= 0.3 is 0 Å². The molecular formula is C15H14BrF2NO. The van der Waals surface area contributed by atoms with E-state index in [1.807, 2.05) is 31.2 Å². The fourth-order valence-electron chi connectivity index (χ4n) is 2.00. The molecule has 2 aromatic carbocycles. The van der Waals surface area contributed by atoms with Crippen molar-refractivity contribution in [2.75, 3.05) is 12.4 Å². The number of nitrogens with one attached hydrogen (secondary N) is 1. The van der Waals surface area contributed by atoms with Crippen molar-refractivity contribution in [3.63, 3.8) is 0 Å². The van der Waals surface area contributed by atoms with Crippen molar-refractivity contribution >= 4 is 21.6 Å². The lowest BCUT2D eigenvalue weighted by atomic mass is 10.1. The minimum Gasteiger partial charge on any atom is -0.496 e. The number of ether oxygens (including phenoxy) is 1. The zero-order valence-corrected chi connectivity index (χ0v) is 12.7. The van der Waals surface area contributed by atoms with E-state index in [2.05, 4.69) is 21.2 Å². The summed E-state index contributed by atoms with van der Waals surface area (Å²) in [5.74, 6) is -0.547. The summed E-state index contributed by atoms with van der Waals surface area (Å²) in [6, 6.07) is 9.36. The molecular weight excluding hydrogens is 328 g/mol. The molecule has 1 unspecified atom stereocenters. The Bertz CT molecular complexity index is 596. The molecule has 0 heterocycles. The van der Waals surface area contributed by atoms with E-state index in [0.29, 0.717) is 10.2 Å². The number of anilines is 1. The largest absolute Gasteiger partial charge is 0.496 e. The predicted molar refractivity (Wildman–Crippen MR) is 79.1 cm³/mol. The van der Waals surface area contributed by atoms with Gasteiger partial charge in [0.25, 0.3) is 0 Å². The molecule has 2 rings (SSSR count). The topological polar surface area (TPSA) is 21.3 Å². The number of halogens is 3. The van der Waals surface area contributed by atoms with Gasteiger partial charge in [-0.1, -0.05) is 18.2 Å². The Hall–Kier alpha value is -1.62. The van der Waals surface area contributed by atoms with Gasteiger partial charge in [0.1, 0.15) is 17.4 Å². The summed E-state index contributed by atoms with van der Waals surface area (Å²) in [5, 5.41) is 3.03. The number of hydrogen-bond acceptors (Lipinski definition) is 2. The van der Waals surface area contributed by atoms with E-state index in [4.69, 9.17) is 4.74 Å². The van der Waals surface area contributed by atoms with Crippen LogP contribution in [0.4, 0.5) is 14.5 Å². The summed E-state index contributed by atoms with van der Waals surface area (Å²) >= 11 is 3.16. The van der Waals surface area contributed by atoms with Crippen LogP contribution in [0.5, 0.6) is 5.75 Å². The molecule has 5 heteroatoms. The van der Waals surface area contributed by atoms with Gasteiger partial charge in [-0.15, -0.1) is 0 Å². The second-order valence-corrected chi connectivity index (χ2v) is 5.21. The third kappa shape index (κ3) is 3.10. The summed E-state index contributed by atoms with van der Waals surface area (Å²) in [5.41, 5.74) is 1.12. The Labute approximate surface area is 124 Å². The van der Waals surface area contributed by atoms with Crippen molar-refractivity contribution in [1.29, 1.82) is 0 Å². The van der Waals surface area contributed by atoms with Gasteiger partial charge in [-0.05, 0) is 35.0 Å². The van der Waals surface area contributed by atoms with Crippen LogP contribution in [-0.2, 0) is 0 Å². The van der Waals surface area contributed by atoms with Crippen molar-refractivity contribution in [3.8, 4) is 5.75 Å². The third-order valence-electron chi connectivity index (χ3n) is 2.97. The van der Waals surface area contributed by atoms with Gasteiger partial charge in [0.15, 0.2) is 0 Å². The Morgan fingerprint density at radius 1 is 1.20 bits per heavy atom. The van der Waals surface area contributed by atoms with E-state index in [0.717, 1.165) is 11.6 Å². The minimum atomic E-state index is -0.640. The maximum Gasteiger partial charge on any atom is 0.150 e. The molecule has 1 atom stereocenters. The highest BCUT2D eigenvalue weighted by molar-refractivity contribution is 9.10. The first-order chi connectivity index (χ1) is 9.52. The Kier molecular flexibility index (Phi) is 4.60. The highest BCUT2D eigenvalue weighted by Crippen LogP contribution is 2.32. The molecule has 106 valence electrons. The summed E-state index contributed by atoms with van der Waals surface area (Å²) in [6.07, 6.45) is 0. The van der Waals surface area contributed by atoms with Gasteiger partial charge in [0, 0.05) is 16.1 Å². The van der Waals surface area contributed by atoms with Crippen LogP contribution < -0.4 is 10.1 Å². The van der Waals surface area contributed by atoms with Gasteiger partial charge in [-0.2, -0.15) is 0 Å². The van der Waals surface area contributed by atoms with Crippen LogP contribution in [-0.4, -0.2) is 7.11 Å². The van der Waals surface area contributed by atoms with E-state index in [9.17, 15) is 8.78 Å². The maximum absolute atomic E-state index is 13.8. The first-order valence-electron chi connectivity index (χ1n) is 6.07. The zero-order chi connectivity index (χ0) is 14.7. The Balaban J connectivity index is 2.30.